The molecule has 0 spiro atoms. The van der Waals surface area contributed by atoms with Crippen molar-refractivity contribution >= 4 is 11.6 Å². The van der Waals surface area contributed by atoms with Crippen molar-refractivity contribution in [2.75, 3.05) is 0 Å². The maximum Gasteiger partial charge on any atom is 0.160 e. The molecule has 0 radical (unpaired) electrons. The lowest BCUT2D eigenvalue weighted by molar-refractivity contribution is -0.134. The third-order valence-corrected chi connectivity index (χ3v) is 3.82. The Morgan fingerprint density at radius 2 is 1.29 bits per heavy atom. The van der Waals surface area contributed by atoms with Crippen molar-refractivity contribution in [1.82, 2.24) is 0 Å². The van der Waals surface area contributed by atoms with Crippen molar-refractivity contribution in [3.05, 3.63) is 24.3 Å². The Labute approximate surface area is 82.7 Å². The second-order valence-corrected chi connectivity index (χ2v) is 4.48. The Morgan fingerprint density at radius 1 is 0.857 bits per heavy atom. The van der Waals surface area contributed by atoms with E-state index in [-0.39, 0.29) is 23.4 Å². The molecule has 4 rings (SSSR count). The van der Waals surface area contributed by atoms with E-state index in [0.717, 1.165) is 12.8 Å². The fourth-order valence-corrected chi connectivity index (χ4v) is 3.16. The highest BCUT2D eigenvalue weighted by atomic mass is 16.1. The van der Waals surface area contributed by atoms with Crippen LogP contribution in [0, 0.1) is 23.7 Å². The van der Waals surface area contributed by atoms with E-state index in [0.29, 0.717) is 11.8 Å². The van der Waals surface area contributed by atoms with Crippen LogP contribution in [0.3, 0.4) is 0 Å². The van der Waals surface area contributed by atoms with E-state index in [1.54, 1.807) is 0 Å². The Hall–Kier alpha value is -1.18. The highest BCUT2D eigenvalue weighted by Crippen LogP contribution is 2.47. The number of ketones is 2. The van der Waals surface area contributed by atoms with Gasteiger partial charge in [-0.05, 0) is 36.8 Å². The molecule has 2 heteroatoms. The van der Waals surface area contributed by atoms with Crippen LogP contribution in [0.4, 0.5) is 0 Å². The molecule has 0 amide bonds. The smallest absolute Gasteiger partial charge is 0.160 e. The highest BCUT2D eigenvalue weighted by Gasteiger charge is 2.47. The van der Waals surface area contributed by atoms with Gasteiger partial charge in [0, 0.05) is 11.8 Å². The normalized spacial score (nSPS) is 44.3. The van der Waals surface area contributed by atoms with Gasteiger partial charge in [0.15, 0.2) is 11.6 Å². The summed E-state index contributed by atoms with van der Waals surface area (Å²) >= 11 is 0. The zero-order valence-corrected chi connectivity index (χ0v) is 7.85. The summed E-state index contributed by atoms with van der Waals surface area (Å²) < 4.78 is 0. The molecule has 0 heterocycles. The third kappa shape index (κ3) is 0.912. The van der Waals surface area contributed by atoms with Crippen LogP contribution in [-0.2, 0) is 9.59 Å². The van der Waals surface area contributed by atoms with Gasteiger partial charge in [-0.1, -0.05) is 12.2 Å². The summed E-state index contributed by atoms with van der Waals surface area (Å²) in [6.45, 7) is 0. The van der Waals surface area contributed by atoms with Gasteiger partial charge in [-0.3, -0.25) is 9.59 Å². The van der Waals surface area contributed by atoms with Gasteiger partial charge < -0.3 is 0 Å². The van der Waals surface area contributed by atoms with Crippen LogP contribution >= 0.6 is 0 Å². The number of hydrogen-bond donors (Lipinski definition) is 0. The number of fused-ring (bicyclic) bond motifs is 1. The fraction of sp³-hybridized carbons (Fsp3) is 0.500. The average molecular weight is 188 g/mol. The average Bonchev–Trinajstić information content (AvgIpc) is 2.25. The zero-order chi connectivity index (χ0) is 9.71. The molecular formula is C12H12O2. The molecule has 2 bridgehead atoms. The monoisotopic (exact) mass is 188 g/mol. The molecule has 0 aliphatic heterocycles. The van der Waals surface area contributed by atoms with E-state index in [2.05, 4.69) is 12.2 Å². The third-order valence-electron chi connectivity index (χ3n) is 3.82. The molecule has 0 aromatic rings. The molecule has 1 saturated carbocycles. The summed E-state index contributed by atoms with van der Waals surface area (Å²) in [5, 5.41) is 0. The summed E-state index contributed by atoms with van der Waals surface area (Å²) in [6, 6.07) is 0. The lowest BCUT2D eigenvalue weighted by Gasteiger charge is -2.43. The highest BCUT2D eigenvalue weighted by molar-refractivity contribution is 6.08. The molecule has 0 aromatic carbocycles. The van der Waals surface area contributed by atoms with Crippen LogP contribution in [0.25, 0.3) is 0 Å². The minimum atomic E-state index is -0.0313. The first-order valence-electron chi connectivity index (χ1n) is 5.21. The summed E-state index contributed by atoms with van der Waals surface area (Å²) in [5.74, 6) is 0.910. The zero-order valence-electron chi connectivity index (χ0n) is 7.85. The van der Waals surface area contributed by atoms with Crippen molar-refractivity contribution in [2.24, 2.45) is 23.7 Å². The first-order chi connectivity index (χ1) is 6.77. The quantitative estimate of drug-likeness (QED) is 0.540. The van der Waals surface area contributed by atoms with Gasteiger partial charge in [0.2, 0.25) is 0 Å². The number of rotatable bonds is 0. The maximum atomic E-state index is 11.7. The Balaban J connectivity index is 2.09. The van der Waals surface area contributed by atoms with Crippen LogP contribution in [0.15, 0.2) is 24.3 Å². The van der Waals surface area contributed by atoms with Gasteiger partial charge in [-0.25, -0.2) is 0 Å². The van der Waals surface area contributed by atoms with E-state index < -0.39 is 0 Å². The summed E-state index contributed by atoms with van der Waals surface area (Å²) in [6.07, 6.45) is 9.37. The molecule has 0 N–H and O–H groups in total. The van der Waals surface area contributed by atoms with Crippen molar-refractivity contribution in [3.8, 4) is 0 Å². The van der Waals surface area contributed by atoms with Gasteiger partial charge >= 0.3 is 0 Å². The molecule has 4 unspecified atom stereocenters. The van der Waals surface area contributed by atoms with Crippen LogP contribution in [0.5, 0.6) is 0 Å². The van der Waals surface area contributed by atoms with Gasteiger partial charge in [0.05, 0.1) is 0 Å². The van der Waals surface area contributed by atoms with Gasteiger partial charge in [0.1, 0.15) is 0 Å². The van der Waals surface area contributed by atoms with Crippen LogP contribution < -0.4 is 0 Å². The molecular weight excluding hydrogens is 176 g/mol. The molecule has 4 aliphatic rings. The van der Waals surface area contributed by atoms with Crippen molar-refractivity contribution in [2.45, 2.75) is 12.8 Å². The van der Waals surface area contributed by atoms with Crippen molar-refractivity contribution in [3.63, 3.8) is 0 Å². The second kappa shape index (κ2) is 2.66. The lowest BCUT2D eigenvalue weighted by Crippen LogP contribution is -2.46. The van der Waals surface area contributed by atoms with E-state index in [9.17, 15) is 9.59 Å². The number of hydrogen-bond acceptors (Lipinski definition) is 2. The number of carbonyl (C=O) groups excluding carboxylic acids is 2. The molecule has 72 valence electrons. The number of allylic oxidation sites excluding steroid dienone is 4. The van der Waals surface area contributed by atoms with E-state index in [1.165, 1.54) is 12.2 Å². The molecule has 4 aliphatic carbocycles. The predicted octanol–water partition coefficient (Wildman–Crippen LogP) is 1.52. The molecule has 1 fully saturated rings. The molecule has 2 nitrogen and oxygen atoms in total. The Morgan fingerprint density at radius 3 is 1.64 bits per heavy atom. The first kappa shape index (κ1) is 8.16. The minimum absolute atomic E-state index is 0.0313. The van der Waals surface area contributed by atoms with Crippen LogP contribution in [0.2, 0.25) is 0 Å². The molecule has 14 heavy (non-hydrogen) atoms. The van der Waals surface area contributed by atoms with E-state index in [1.807, 2.05) is 0 Å². The Bertz CT molecular complexity index is 331. The second-order valence-electron chi connectivity index (χ2n) is 4.48. The standard InChI is InChI=1S/C12H12O2/c13-9-5-6-10(14)12-8-2-1-7(3-4-8)11(9)12/h1-2,5-8,11-12H,3-4H2. The largest absolute Gasteiger partial charge is 0.294 e. The molecule has 0 saturated heterocycles. The van der Waals surface area contributed by atoms with Gasteiger partial charge in [0.25, 0.3) is 0 Å². The fourth-order valence-electron chi connectivity index (χ4n) is 3.16. The van der Waals surface area contributed by atoms with Gasteiger partial charge in [-0.15, -0.1) is 0 Å². The van der Waals surface area contributed by atoms with Crippen LogP contribution in [-0.4, -0.2) is 11.6 Å². The van der Waals surface area contributed by atoms with Crippen molar-refractivity contribution in [1.29, 1.82) is 0 Å². The summed E-state index contributed by atoms with van der Waals surface area (Å²) in [4.78, 5) is 23.4. The molecule has 0 aromatic heterocycles. The lowest BCUT2D eigenvalue weighted by atomic mass is 9.58. The summed E-state index contributed by atoms with van der Waals surface area (Å²) in [7, 11) is 0. The summed E-state index contributed by atoms with van der Waals surface area (Å²) in [5.41, 5.74) is 0. The maximum absolute atomic E-state index is 11.7. The van der Waals surface area contributed by atoms with E-state index >= 15 is 0 Å². The van der Waals surface area contributed by atoms with Crippen LogP contribution in [0.1, 0.15) is 12.8 Å². The Kier molecular flexibility index (Phi) is 1.55. The van der Waals surface area contributed by atoms with Crippen molar-refractivity contribution < 1.29 is 9.59 Å². The topological polar surface area (TPSA) is 34.1 Å². The minimum Gasteiger partial charge on any atom is -0.294 e. The SMILES string of the molecule is O=C1C=CC(=O)C2C3C=CC(CC3)C12. The van der Waals surface area contributed by atoms with E-state index in [4.69, 9.17) is 0 Å². The molecule has 4 atom stereocenters. The number of carbonyl (C=O) groups is 2. The predicted molar refractivity (Wildman–Crippen MR) is 51.5 cm³/mol. The van der Waals surface area contributed by atoms with Gasteiger partial charge in [-0.2, -0.15) is 0 Å². The first-order valence-corrected chi connectivity index (χ1v) is 5.21.